The Labute approximate surface area is 93.5 Å². The van der Waals surface area contributed by atoms with Gasteiger partial charge in [0.1, 0.15) is 0 Å². The van der Waals surface area contributed by atoms with Crippen LogP contribution in [0.5, 0.6) is 0 Å². The van der Waals surface area contributed by atoms with Crippen molar-refractivity contribution in [2.24, 2.45) is 11.3 Å². The Morgan fingerprint density at radius 3 is 2.80 bits per heavy atom. The fraction of sp³-hybridized carbons (Fsp3) is 0.917. The van der Waals surface area contributed by atoms with Crippen LogP contribution in [0.2, 0.25) is 0 Å². The Morgan fingerprint density at radius 1 is 1.53 bits per heavy atom. The maximum Gasteiger partial charge on any atom is 0.0635 e. The first-order valence-corrected chi connectivity index (χ1v) is 5.82. The van der Waals surface area contributed by atoms with E-state index in [4.69, 9.17) is 5.26 Å². The summed E-state index contributed by atoms with van der Waals surface area (Å²) >= 11 is 0. The Kier molecular flexibility index (Phi) is 4.56. The van der Waals surface area contributed by atoms with Gasteiger partial charge in [-0.1, -0.05) is 13.8 Å². The summed E-state index contributed by atoms with van der Waals surface area (Å²) < 4.78 is 0. The molecule has 0 amide bonds. The van der Waals surface area contributed by atoms with Crippen molar-refractivity contribution in [2.45, 2.75) is 26.7 Å². The van der Waals surface area contributed by atoms with Crippen LogP contribution in [0.25, 0.3) is 0 Å². The number of hydrogen-bond acceptors (Lipinski definition) is 3. The van der Waals surface area contributed by atoms with Gasteiger partial charge in [0.25, 0.3) is 0 Å². The van der Waals surface area contributed by atoms with Crippen LogP contribution in [0.3, 0.4) is 0 Å². The maximum absolute atomic E-state index is 8.45. The lowest BCUT2D eigenvalue weighted by Crippen LogP contribution is -2.37. The second-order valence-corrected chi connectivity index (χ2v) is 5.32. The lowest BCUT2D eigenvalue weighted by molar-refractivity contribution is 0.207. The molecular weight excluding hydrogens is 186 g/mol. The van der Waals surface area contributed by atoms with Crippen LogP contribution in [0.15, 0.2) is 0 Å². The molecule has 86 valence electrons. The topological polar surface area (TPSA) is 39.1 Å². The van der Waals surface area contributed by atoms with E-state index in [1.165, 1.54) is 19.5 Å². The smallest absolute Gasteiger partial charge is 0.0635 e. The molecule has 0 bridgehead atoms. The quantitative estimate of drug-likeness (QED) is 0.697. The molecule has 1 unspecified atom stereocenters. The van der Waals surface area contributed by atoms with Crippen molar-refractivity contribution < 1.29 is 0 Å². The van der Waals surface area contributed by atoms with Crippen LogP contribution in [-0.4, -0.2) is 38.1 Å². The van der Waals surface area contributed by atoms with Gasteiger partial charge < -0.3 is 10.2 Å². The number of likely N-dealkylation sites (tertiary alicyclic amines) is 1. The van der Waals surface area contributed by atoms with Crippen molar-refractivity contribution in [3.05, 3.63) is 0 Å². The summed E-state index contributed by atoms with van der Waals surface area (Å²) in [6.07, 6.45) is 1.92. The molecule has 0 aromatic carbocycles. The molecule has 0 spiro atoms. The molecule has 1 N–H and O–H groups in total. The van der Waals surface area contributed by atoms with Crippen molar-refractivity contribution in [3.63, 3.8) is 0 Å². The molecule has 1 rings (SSSR count). The zero-order chi connectivity index (χ0) is 11.3. The molecule has 1 fully saturated rings. The zero-order valence-electron chi connectivity index (χ0n) is 10.2. The van der Waals surface area contributed by atoms with E-state index >= 15 is 0 Å². The molecule has 3 nitrogen and oxygen atoms in total. The number of nitrogens with zero attached hydrogens (tertiary/aromatic N) is 2. The van der Waals surface area contributed by atoms with E-state index in [1.54, 1.807) is 0 Å². The average Bonchev–Trinajstić information content (AvgIpc) is 2.60. The molecule has 15 heavy (non-hydrogen) atoms. The van der Waals surface area contributed by atoms with Crippen LogP contribution < -0.4 is 5.32 Å². The van der Waals surface area contributed by atoms with E-state index in [2.05, 4.69) is 37.2 Å². The Bertz CT molecular complexity index is 230. The van der Waals surface area contributed by atoms with Gasteiger partial charge in [-0.2, -0.15) is 5.26 Å². The first kappa shape index (κ1) is 12.5. The minimum Gasteiger partial charge on any atom is -0.315 e. The average molecular weight is 209 g/mol. The fourth-order valence-electron chi connectivity index (χ4n) is 2.27. The summed E-state index contributed by atoms with van der Waals surface area (Å²) in [5, 5.41) is 11.8. The molecule has 1 saturated heterocycles. The summed E-state index contributed by atoms with van der Waals surface area (Å²) in [5.41, 5.74) is 0.347. The summed E-state index contributed by atoms with van der Waals surface area (Å²) in [7, 11) is 2.19. The highest BCUT2D eigenvalue weighted by molar-refractivity contribution is 4.87. The highest BCUT2D eigenvalue weighted by atomic mass is 15.1. The molecular formula is C12H23N3. The van der Waals surface area contributed by atoms with E-state index in [0.29, 0.717) is 11.8 Å². The van der Waals surface area contributed by atoms with E-state index in [-0.39, 0.29) is 0 Å². The van der Waals surface area contributed by atoms with Crippen LogP contribution in [0.4, 0.5) is 0 Å². The monoisotopic (exact) mass is 209 g/mol. The van der Waals surface area contributed by atoms with Crippen molar-refractivity contribution in [2.75, 3.05) is 33.2 Å². The predicted molar refractivity (Wildman–Crippen MR) is 62.5 cm³/mol. The van der Waals surface area contributed by atoms with Gasteiger partial charge in [-0.15, -0.1) is 0 Å². The van der Waals surface area contributed by atoms with Crippen molar-refractivity contribution in [1.29, 1.82) is 5.26 Å². The molecule has 0 aromatic rings. The highest BCUT2D eigenvalue weighted by Gasteiger charge is 2.33. The summed E-state index contributed by atoms with van der Waals surface area (Å²) in [4.78, 5) is 2.40. The lowest BCUT2D eigenvalue weighted by Gasteiger charge is -2.31. The van der Waals surface area contributed by atoms with Gasteiger partial charge in [0.15, 0.2) is 0 Å². The maximum atomic E-state index is 8.45. The number of hydrogen-bond donors (Lipinski definition) is 1. The van der Waals surface area contributed by atoms with Crippen molar-refractivity contribution >= 4 is 0 Å². The van der Waals surface area contributed by atoms with E-state index in [1.807, 2.05) is 0 Å². The lowest BCUT2D eigenvalue weighted by atomic mass is 9.78. The number of nitriles is 1. The first-order chi connectivity index (χ1) is 7.06. The van der Waals surface area contributed by atoms with Crippen LogP contribution in [0, 0.1) is 22.7 Å². The Balaban J connectivity index is 2.28. The second-order valence-electron chi connectivity index (χ2n) is 5.32. The Hall–Kier alpha value is -0.590. The molecule has 0 radical (unpaired) electrons. The van der Waals surface area contributed by atoms with E-state index < -0.39 is 0 Å². The molecule has 0 aromatic heterocycles. The highest BCUT2D eigenvalue weighted by Crippen LogP contribution is 2.32. The molecule has 1 atom stereocenters. The van der Waals surface area contributed by atoms with Gasteiger partial charge in [-0.3, -0.25) is 0 Å². The van der Waals surface area contributed by atoms with E-state index in [9.17, 15) is 0 Å². The predicted octanol–water partition coefficient (Wildman–Crippen LogP) is 1.47. The summed E-state index contributed by atoms with van der Waals surface area (Å²) in [6, 6.07) is 2.16. The van der Waals surface area contributed by atoms with Gasteiger partial charge in [0, 0.05) is 26.1 Å². The minimum atomic E-state index is 0.347. The molecule has 3 heteroatoms. The summed E-state index contributed by atoms with van der Waals surface area (Å²) in [5.74, 6) is 0.789. The van der Waals surface area contributed by atoms with Gasteiger partial charge in [0.05, 0.1) is 6.07 Å². The SMILES string of the molecule is CN1CCC(C(C)(C)CNCCC#N)C1. The summed E-state index contributed by atoms with van der Waals surface area (Å²) in [6.45, 7) is 8.95. The molecule has 1 aliphatic heterocycles. The molecule has 1 aliphatic rings. The normalized spacial score (nSPS) is 22.9. The largest absolute Gasteiger partial charge is 0.315 e. The standard InChI is InChI=1S/C12H23N3/c1-12(2,10-14-7-4-6-13)11-5-8-15(3)9-11/h11,14H,4-5,7-10H2,1-3H3. The third-order valence-corrected chi connectivity index (χ3v) is 3.49. The van der Waals surface area contributed by atoms with Crippen LogP contribution in [-0.2, 0) is 0 Å². The van der Waals surface area contributed by atoms with Crippen molar-refractivity contribution in [1.82, 2.24) is 10.2 Å². The third kappa shape index (κ3) is 3.81. The van der Waals surface area contributed by atoms with Crippen LogP contribution in [0.1, 0.15) is 26.7 Å². The minimum absolute atomic E-state index is 0.347. The second kappa shape index (κ2) is 5.48. The van der Waals surface area contributed by atoms with Gasteiger partial charge in [-0.25, -0.2) is 0 Å². The fourth-order valence-corrected chi connectivity index (χ4v) is 2.27. The van der Waals surface area contributed by atoms with Gasteiger partial charge >= 0.3 is 0 Å². The zero-order valence-corrected chi connectivity index (χ0v) is 10.2. The van der Waals surface area contributed by atoms with Crippen molar-refractivity contribution in [3.8, 4) is 6.07 Å². The van der Waals surface area contributed by atoms with Crippen LogP contribution >= 0.6 is 0 Å². The van der Waals surface area contributed by atoms with Gasteiger partial charge in [-0.05, 0) is 31.3 Å². The molecule has 0 aliphatic carbocycles. The molecule has 0 saturated carbocycles. The Morgan fingerprint density at radius 2 is 2.27 bits per heavy atom. The third-order valence-electron chi connectivity index (χ3n) is 3.49. The van der Waals surface area contributed by atoms with Gasteiger partial charge in [0.2, 0.25) is 0 Å². The molecule has 1 heterocycles. The number of rotatable bonds is 5. The number of nitrogens with one attached hydrogen (secondary N) is 1. The first-order valence-electron chi connectivity index (χ1n) is 5.82. The van der Waals surface area contributed by atoms with E-state index in [0.717, 1.165) is 19.0 Å².